The van der Waals surface area contributed by atoms with Crippen LogP contribution in [0.2, 0.25) is 0 Å². The molecule has 0 N–H and O–H groups in total. The molecule has 0 spiro atoms. The van der Waals surface area contributed by atoms with E-state index in [0.29, 0.717) is 23.1 Å². The highest BCUT2D eigenvalue weighted by Crippen LogP contribution is 2.57. The molecular formula is C24H30O8. The zero-order valence-electron chi connectivity index (χ0n) is 19.4. The summed E-state index contributed by atoms with van der Waals surface area (Å²) >= 11 is 0. The van der Waals surface area contributed by atoms with E-state index in [-0.39, 0.29) is 12.0 Å². The summed E-state index contributed by atoms with van der Waals surface area (Å²) in [5.41, 5.74) is 1.23. The second-order valence-electron chi connectivity index (χ2n) is 8.94. The van der Waals surface area contributed by atoms with Gasteiger partial charge in [-0.25, -0.2) is 9.59 Å². The number of hydrogen-bond donors (Lipinski definition) is 0. The molecule has 0 radical (unpaired) electrons. The van der Waals surface area contributed by atoms with Crippen LogP contribution in [0.15, 0.2) is 34.9 Å². The SMILES string of the molecule is C=C1C(=O)O[C@@H]2C[C@@]3(C)C(=C(C)[C@@H](OC(C)=O)C[C@@H]3OC(C)=O)[C@@H](OC(=O)/C(C)=C/C)[C@H]12. The van der Waals surface area contributed by atoms with Crippen LogP contribution in [0.3, 0.4) is 0 Å². The number of hydrogen-bond acceptors (Lipinski definition) is 8. The second kappa shape index (κ2) is 8.56. The zero-order chi connectivity index (χ0) is 24.0. The van der Waals surface area contributed by atoms with Crippen molar-refractivity contribution in [2.45, 2.75) is 78.8 Å². The van der Waals surface area contributed by atoms with Gasteiger partial charge in [0.25, 0.3) is 0 Å². The van der Waals surface area contributed by atoms with Gasteiger partial charge >= 0.3 is 23.9 Å². The van der Waals surface area contributed by atoms with Crippen molar-refractivity contribution in [2.24, 2.45) is 11.3 Å². The molecule has 3 aliphatic rings. The summed E-state index contributed by atoms with van der Waals surface area (Å²) in [6.45, 7) is 13.6. The van der Waals surface area contributed by atoms with E-state index in [9.17, 15) is 19.2 Å². The Kier molecular flexibility index (Phi) is 6.36. The van der Waals surface area contributed by atoms with E-state index in [4.69, 9.17) is 18.9 Å². The van der Waals surface area contributed by atoms with Crippen molar-refractivity contribution in [1.29, 1.82) is 0 Å². The Morgan fingerprint density at radius 1 is 1.12 bits per heavy atom. The number of allylic oxidation sites excluding steroid dienone is 1. The van der Waals surface area contributed by atoms with Crippen molar-refractivity contribution in [1.82, 2.24) is 0 Å². The Labute approximate surface area is 187 Å². The van der Waals surface area contributed by atoms with E-state index in [2.05, 4.69) is 6.58 Å². The molecule has 0 bridgehead atoms. The van der Waals surface area contributed by atoms with Crippen molar-refractivity contribution >= 4 is 23.9 Å². The van der Waals surface area contributed by atoms with Gasteiger partial charge in [-0.2, -0.15) is 0 Å². The van der Waals surface area contributed by atoms with Crippen molar-refractivity contribution < 1.29 is 38.1 Å². The first-order chi connectivity index (χ1) is 14.9. The largest absolute Gasteiger partial charge is 0.461 e. The fourth-order valence-electron chi connectivity index (χ4n) is 5.18. The molecule has 0 aromatic heterocycles. The quantitative estimate of drug-likeness (QED) is 0.281. The van der Waals surface area contributed by atoms with Crippen LogP contribution in [0.25, 0.3) is 0 Å². The Balaban J connectivity index is 2.19. The van der Waals surface area contributed by atoms with Gasteiger partial charge < -0.3 is 18.9 Å². The summed E-state index contributed by atoms with van der Waals surface area (Å²) in [4.78, 5) is 48.8. The van der Waals surface area contributed by atoms with Crippen LogP contribution < -0.4 is 0 Å². The third-order valence-electron chi connectivity index (χ3n) is 6.83. The van der Waals surface area contributed by atoms with Gasteiger partial charge in [0.1, 0.15) is 24.4 Å². The standard InChI is InChI=1S/C24H30O8/c1-8-11(2)22(27)32-21-19-13(4)23(28)31-17(19)10-24(7)18(30-15(6)26)9-16(29-14(5)25)12(3)20(21)24/h8,16-19,21H,4,9-10H2,1-3,5-7H3/b11-8+/t16-,17+,18-,19+,21-,24+/m0/s1. The van der Waals surface area contributed by atoms with Gasteiger partial charge in [-0.05, 0) is 38.3 Å². The lowest BCUT2D eigenvalue weighted by molar-refractivity contribution is -0.170. The molecule has 1 saturated carbocycles. The van der Waals surface area contributed by atoms with Crippen molar-refractivity contribution in [3.63, 3.8) is 0 Å². The third kappa shape index (κ3) is 3.98. The summed E-state index contributed by atoms with van der Waals surface area (Å²) in [5.74, 6) is -2.61. The molecule has 2 aliphatic carbocycles. The fraction of sp³-hybridized carbons (Fsp3) is 0.583. The summed E-state index contributed by atoms with van der Waals surface area (Å²) in [6, 6.07) is 0. The molecule has 3 rings (SSSR count). The lowest BCUT2D eigenvalue weighted by Crippen LogP contribution is -2.56. The predicted octanol–water partition coefficient (Wildman–Crippen LogP) is 2.96. The van der Waals surface area contributed by atoms with E-state index in [0.717, 1.165) is 0 Å². The highest BCUT2D eigenvalue weighted by Gasteiger charge is 2.61. The average Bonchev–Trinajstić information content (AvgIpc) is 2.97. The fourth-order valence-corrected chi connectivity index (χ4v) is 5.18. The van der Waals surface area contributed by atoms with Crippen molar-refractivity contribution in [3.05, 3.63) is 34.9 Å². The number of ether oxygens (including phenoxy) is 4. The minimum atomic E-state index is -0.878. The average molecular weight is 446 g/mol. The van der Waals surface area contributed by atoms with Crippen LogP contribution in [0, 0.1) is 11.3 Å². The number of esters is 4. The summed E-state index contributed by atoms with van der Waals surface area (Å²) < 4.78 is 22.7. The Bertz CT molecular complexity index is 942. The highest BCUT2D eigenvalue weighted by molar-refractivity contribution is 5.92. The topological polar surface area (TPSA) is 105 Å². The molecular weight excluding hydrogens is 416 g/mol. The lowest BCUT2D eigenvalue weighted by Gasteiger charge is -2.52. The summed E-state index contributed by atoms with van der Waals surface area (Å²) in [5, 5.41) is 0. The van der Waals surface area contributed by atoms with Gasteiger partial charge in [-0.15, -0.1) is 0 Å². The maximum atomic E-state index is 12.8. The maximum absolute atomic E-state index is 12.8. The first kappa shape index (κ1) is 23.8. The normalized spacial score (nSPS) is 34.3. The van der Waals surface area contributed by atoms with Crippen LogP contribution in [0.4, 0.5) is 0 Å². The number of fused-ring (bicyclic) bond motifs is 2. The summed E-state index contributed by atoms with van der Waals surface area (Å²) in [7, 11) is 0. The number of carbonyl (C=O) groups excluding carboxylic acids is 4. The minimum Gasteiger partial charge on any atom is -0.461 e. The minimum absolute atomic E-state index is 0.229. The summed E-state index contributed by atoms with van der Waals surface area (Å²) in [6.07, 6.45) is -0.534. The van der Waals surface area contributed by atoms with Gasteiger partial charge in [0, 0.05) is 36.8 Å². The van der Waals surface area contributed by atoms with E-state index in [1.807, 2.05) is 13.8 Å². The van der Waals surface area contributed by atoms with Gasteiger partial charge in [-0.1, -0.05) is 19.6 Å². The molecule has 32 heavy (non-hydrogen) atoms. The molecule has 8 nitrogen and oxygen atoms in total. The number of carbonyl (C=O) groups is 4. The molecule has 1 heterocycles. The highest BCUT2D eigenvalue weighted by atomic mass is 16.6. The third-order valence-corrected chi connectivity index (χ3v) is 6.83. The van der Waals surface area contributed by atoms with E-state index in [1.165, 1.54) is 13.8 Å². The molecule has 0 amide bonds. The maximum Gasteiger partial charge on any atom is 0.334 e. The predicted molar refractivity (Wildman–Crippen MR) is 113 cm³/mol. The molecule has 1 aliphatic heterocycles. The lowest BCUT2D eigenvalue weighted by atomic mass is 9.57. The van der Waals surface area contributed by atoms with E-state index >= 15 is 0 Å². The molecule has 1 saturated heterocycles. The molecule has 0 aromatic rings. The molecule has 8 heteroatoms. The van der Waals surface area contributed by atoms with Gasteiger partial charge in [0.05, 0.1) is 5.92 Å². The smallest absolute Gasteiger partial charge is 0.334 e. The molecule has 0 aromatic carbocycles. The zero-order valence-corrected chi connectivity index (χ0v) is 19.4. The van der Waals surface area contributed by atoms with Crippen LogP contribution in [-0.4, -0.2) is 48.3 Å². The van der Waals surface area contributed by atoms with Gasteiger partial charge in [-0.3, -0.25) is 9.59 Å². The van der Waals surface area contributed by atoms with E-state index < -0.39 is 59.6 Å². The van der Waals surface area contributed by atoms with Crippen molar-refractivity contribution in [2.75, 3.05) is 0 Å². The van der Waals surface area contributed by atoms with Crippen LogP contribution in [-0.2, 0) is 38.1 Å². The Hall–Kier alpha value is -2.90. The molecule has 0 unspecified atom stereocenters. The van der Waals surface area contributed by atoms with Gasteiger partial charge in [0.2, 0.25) is 0 Å². The molecule has 2 fully saturated rings. The van der Waals surface area contributed by atoms with Crippen LogP contribution >= 0.6 is 0 Å². The van der Waals surface area contributed by atoms with Crippen molar-refractivity contribution in [3.8, 4) is 0 Å². The molecule has 6 atom stereocenters. The van der Waals surface area contributed by atoms with E-state index in [1.54, 1.807) is 19.9 Å². The van der Waals surface area contributed by atoms with Gasteiger partial charge in [0.15, 0.2) is 0 Å². The Morgan fingerprint density at radius 3 is 2.31 bits per heavy atom. The first-order valence-corrected chi connectivity index (χ1v) is 10.7. The van der Waals surface area contributed by atoms with Crippen LogP contribution in [0.5, 0.6) is 0 Å². The number of rotatable bonds is 4. The molecule has 174 valence electrons. The Morgan fingerprint density at radius 2 is 1.75 bits per heavy atom. The van der Waals surface area contributed by atoms with Crippen LogP contribution in [0.1, 0.15) is 54.4 Å². The monoisotopic (exact) mass is 446 g/mol. The second-order valence-corrected chi connectivity index (χ2v) is 8.94. The first-order valence-electron chi connectivity index (χ1n) is 10.7.